The SMILES string of the molecule is CCc1cc(C(O)C(O)CCl)ccc1N. The molecule has 0 saturated heterocycles. The highest BCUT2D eigenvalue weighted by atomic mass is 35.5. The second kappa shape index (κ2) is 5.35. The second-order valence-corrected chi connectivity index (χ2v) is 3.79. The van der Waals surface area contributed by atoms with E-state index in [-0.39, 0.29) is 5.88 Å². The number of aryl methyl sites for hydroxylation is 1. The van der Waals surface area contributed by atoms with Crippen LogP contribution in [-0.4, -0.2) is 22.2 Å². The average molecular weight is 230 g/mol. The molecule has 0 aliphatic carbocycles. The second-order valence-electron chi connectivity index (χ2n) is 3.48. The summed E-state index contributed by atoms with van der Waals surface area (Å²) in [4.78, 5) is 0. The Morgan fingerprint density at radius 1 is 1.40 bits per heavy atom. The van der Waals surface area contributed by atoms with Crippen LogP contribution in [0.3, 0.4) is 0 Å². The van der Waals surface area contributed by atoms with Crippen molar-refractivity contribution in [3.05, 3.63) is 29.3 Å². The van der Waals surface area contributed by atoms with Crippen LogP contribution in [0.4, 0.5) is 5.69 Å². The van der Waals surface area contributed by atoms with Crippen molar-refractivity contribution < 1.29 is 10.2 Å². The summed E-state index contributed by atoms with van der Waals surface area (Å²) in [7, 11) is 0. The summed E-state index contributed by atoms with van der Waals surface area (Å²) in [5, 5.41) is 19.1. The fraction of sp³-hybridized carbons (Fsp3) is 0.455. The highest BCUT2D eigenvalue weighted by molar-refractivity contribution is 6.18. The molecule has 2 unspecified atom stereocenters. The molecule has 0 aliphatic rings. The third-order valence-corrected chi connectivity index (χ3v) is 2.73. The van der Waals surface area contributed by atoms with Crippen molar-refractivity contribution in [3.63, 3.8) is 0 Å². The minimum atomic E-state index is -0.951. The summed E-state index contributed by atoms with van der Waals surface area (Å²) < 4.78 is 0. The van der Waals surface area contributed by atoms with Crippen LogP contribution in [0.1, 0.15) is 24.2 Å². The molecular formula is C11H16ClNO2. The van der Waals surface area contributed by atoms with Gasteiger partial charge in [-0.15, -0.1) is 11.6 Å². The minimum Gasteiger partial charge on any atom is -0.399 e. The summed E-state index contributed by atoms with van der Waals surface area (Å²) in [6.07, 6.45) is -1.10. The van der Waals surface area contributed by atoms with E-state index in [9.17, 15) is 10.2 Å². The lowest BCUT2D eigenvalue weighted by Gasteiger charge is -2.17. The van der Waals surface area contributed by atoms with E-state index in [4.69, 9.17) is 17.3 Å². The number of halogens is 1. The Morgan fingerprint density at radius 2 is 2.07 bits per heavy atom. The molecule has 4 N–H and O–H groups in total. The first-order chi connectivity index (χ1) is 7.10. The monoisotopic (exact) mass is 229 g/mol. The van der Waals surface area contributed by atoms with E-state index >= 15 is 0 Å². The number of hydrogen-bond acceptors (Lipinski definition) is 3. The van der Waals surface area contributed by atoms with Crippen LogP contribution in [0, 0.1) is 0 Å². The van der Waals surface area contributed by atoms with Crippen molar-refractivity contribution in [1.29, 1.82) is 0 Å². The first kappa shape index (κ1) is 12.3. The number of hydrogen-bond donors (Lipinski definition) is 3. The van der Waals surface area contributed by atoms with Crippen LogP contribution < -0.4 is 5.73 Å². The Balaban J connectivity index is 2.95. The minimum absolute atomic E-state index is 0.00695. The summed E-state index contributed by atoms with van der Waals surface area (Å²) in [5.41, 5.74) is 8.05. The van der Waals surface area contributed by atoms with Crippen molar-refractivity contribution >= 4 is 17.3 Å². The smallest absolute Gasteiger partial charge is 0.106 e. The number of aliphatic hydroxyl groups is 2. The van der Waals surface area contributed by atoms with Gasteiger partial charge in [-0.1, -0.05) is 19.1 Å². The van der Waals surface area contributed by atoms with Crippen LogP contribution in [0.25, 0.3) is 0 Å². The van der Waals surface area contributed by atoms with Gasteiger partial charge in [0.15, 0.2) is 0 Å². The van der Waals surface area contributed by atoms with Gasteiger partial charge in [0.2, 0.25) is 0 Å². The maximum Gasteiger partial charge on any atom is 0.106 e. The largest absolute Gasteiger partial charge is 0.399 e. The third-order valence-electron chi connectivity index (χ3n) is 2.41. The van der Waals surface area contributed by atoms with Crippen molar-refractivity contribution in [1.82, 2.24) is 0 Å². The van der Waals surface area contributed by atoms with Crippen LogP contribution >= 0.6 is 11.6 Å². The van der Waals surface area contributed by atoms with E-state index in [2.05, 4.69) is 0 Å². The number of alkyl halides is 1. The van der Waals surface area contributed by atoms with Crippen LogP contribution in [0.5, 0.6) is 0 Å². The molecule has 84 valence electrons. The Labute approximate surface area is 94.5 Å². The molecule has 0 saturated carbocycles. The molecule has 1 aromatic carbocycles. The molecule has 1 aromatic rings. The summed E-state index contributed by atoms with van der Waals surface area (Å²) >= 11 is 5.47. The van der Waals surface area contributed by atoms with Gasteiger partial charge in [-0.3, -0.25) is 0 Å². The number of aliphatic hydroxyl groups excluding tert-OH is 2. The quantitative estimate of drug-likeness (QED) is 0.541. The van der Waals surface area contributed by atoms with Gasteiger partial charge in [-0.25, -0.2) is 0 Å². The number of benzene rings is 1. The molecule has 0 bridgehead atoms. The Kier molecular flexibility index (Phi) is 4.39. The Morgan fingerprint density at radius 3 is 2.60 bits per heavy atom. The van der Waals surface area contributed by atoms with Gasteiger partial charge < -0.3 is 15.9 Å². The molecule has 15 heavy (non-hydrogen) atoms. The molecule has 0 aliphatic heterocycles. The van der Waals surface area contributed by atoms with E-state index < -0.39 is 12.2 Å². The Hall–Kier alpha value is -0.770. The summed E-state index contributed by atoms with van der Waals surface area (Å²) in [6, 6.07) is 5.24. The van der Waals surface area contributed by atoms with Gasteiger partial charge in [0.05, 0.1) is 12.0 Å². The number of anilines is 1. The molecule has 4 heteroatoms. The van der Waals surface area contributed by atoms with Gasteiger partial charge in [-0.05, 0) is 23.6 Å². The van der Waals surface area contributed by atoms with E-state index in [1.165, 1.54) is 0 Å². The van der Waals surface area contributed by atoms with Gasteiger partial charge in [0, 0.05) is 5.69 Å². The predicted molar refractivity (Wildman–Crippen MR) is 61.9 cm³/mol. The summed E-state index contributed by atoms with van der Waals surface area (Å²) in [6.45, 7) is 1.99. The molecule has 0 spiro atoms. The molecule has 1 rings (SSSR count). The lowest BCUT2D eigenvalue weighted by Crippen LogP contribution is -2.19. The van der Waals surface area contributed by atoms with E-state index in [1.54, 1.807) is 18.2 Å². The van der Waals surface area contributed by atoms with E-state index in [0.717, 1.165) is 12.0 Å². The molecule has 3 nitrogen and oxygen atoms in total. The predicted octanol–water partition coefficient (Wildman–Crippen LogP) is 1.46. The first-order valence-electron chi connectivity index (χ1n) is 4.90. The van der Waals surface area contributed by atoms with Crippen molar-refractivity contribution in [3.8, 4) is 0 Å². The van der Waals surface area contributed by atoms with Crippen LogP contribution in [0.15, 0.2) is 18.2 Å². The molecular weight excluding hydrogens is 214 g/mol. The maximum atomic E-state index is 9.72. The van der Waals surface area contributed by atoms with Crippen molar-refractivity contribution in [2.45, 2.75) is 25.6 Å². The van der Waals surface area contributed by atoms with E-state index in [1.807, 2.05) is 6.92 Å². The van der Waals surface area contributed by atoms with Crippen LogP contribution in [-0.2, 0) is 6.42 Å². The Bertz CT molecular complexity index is 330. The zero-order valence-corrected chi connectivity index (χ0v) is 9.41. The third kappa shape index (κ3) is 2.84. The van der Waals surface area contributed by atoms with Gasteiger partial charge in [0.1, 0.15) is 6.10 Å². The molecule has 0 aromatic heterocycles. The number of rotatable bonds is 4. The lowest BCUT2D eigenvalue weighted by atomic mass is 10.0. The molecule has 0 fully saturated rings. The van der Waals surface area contributed by atoms with Gasteiger partial charge in [0.25, 0.3) is 0 Å². The van der Waals surface area contributed by atoms with E-state index in [0.29, 0.717) is 11.3 Å². The topological polar surface area (TPSA) is 66.5 Å². The average Bonchev–Trinajstić information content (AvgIpc) is 2.27. The first-order valence-corrected chi connectivity index (χ1v) is 5.44. The fourth-order valence-corrected chi connectivity index (χ4v) is 1.59. The fourth-order valence-electron chi connectivity index (χ4n) is 1.42. The van der Waals surface area contributed by atoms with Crippen molar-refractivity contribution in [2.24, 2.45) is 0 Å². The highest BCUT2D eigenvalue weighted by Crippen LogP contribution is 2.22. The lowest BCUT2D eigenvalue weighted by molar-refractivity contribution is 0.0327. The standard InChI is InChI=1S/C11H16ClNO2/c1-2-7-5-8(3-4-9(7)13)11(15)10(14)6-12/h3-5,10-11,14-15H,2,6,13H2,1H3. The molecule has 2 atom stereocenters. The zero-order chi connectivity index (χ0) is 11.4. The van der Waals surface area contributed by atoms with Crippen molar-refractivity contribution in [2.75, 3.05) is 11.6 Å². The number of nitrogens with two attached hydrogens (primary N) is 1. The molecule has 0 radical (unpaired) electrons. The highest BCUT2D eigenvalue weighted by Gasteiger charge is 2.17. The normalized spacial score (nSPS) is 14.9. The zero-order valence-electron chi connectivity index (χ0n) is 8.65. The number of nitrogen functional groups attached to an aromatic ring is 1. The van der Waals surface area contributed by atoms with Gasteiger partial charge >= 0.3 is 0 Å². The van der Waals surface area contributed by atoms with Crippen LogP contribution in [0.2, 0.25) is 0 Å². The summed E-state index contributed by atoms with van der Waals surface area (Å²) in [5.74, 6) is 0.00695. The van der Waals surface area contributed by atoms with Gasteiger partial charge in [-0.2, -0.15) is 0 Å². The maximum absolute atomic E-state index is 9.72. The molecule has 0 amide bonds. The molecule has 0 heterocycles.